The van der Waals surface area contributed by atoms with Gasteiger partial charge in [-0.1, -0.05) is 28.1 Å². The Bertz CT molecular complexity index is 344. The summed E-state index contributed by atoms with van der Waals surface area (Å²) in [5.74, 6) is 0. The molecule has 90 valence electrons. The lowest BCUT2D eigenvalue weighted by Crippen LogP contribution is -2.23. The lowest BCUT2D eigenvalue weighted by Gasteiger charge is -2.18. The second-order valence-electron chi connectivity index (χ2n) is 3.91. The molecule has 2 atom stereocenters. The van der Waals surface area contributed by atoms with Crippen molar-refractivity contribution in [2.45, 2.75) is 25.6 Å². The first kappa shape index (κ1) is 13.6. The van der Waals surface area contributed by atoms with Gasteiger partial charge >= 0.3 is 0 Å². The average Bonchev–Trinajstić information content (AvgIpc) is 2.28. The van der Waals surface area contributed by atoms with Crippen LogP contribution < -0.4 is 5.32 Å². The highest BCUT2D eigenvalue weighted by molar-refractivity contribution is 9.10. The van der Waals surface area contributed by atoms with Crippen LogP contribution in [0.4, 0.5) is 0 Å². The van der Waals surface area contributed by atoms with E-state index in [4.69, 9.17) is 0 Å². The summed E-state index contributed by atoms with van der Waals surface area (Å²) in [4.78, 5) is 0. The molecule has 0 amide bonds. The van der Waals surface area contributed by atoms with Gasteiger partial charge in [0.25, 0.3) is 0 Å². The van der Waals surface area contributed by atoms with Crippen molar-refractivity contribution in [1.82, 2.24) is 5.32 Å². The molecule has 1 rings (SSSR count). The summed E-state index contributed by atoms with van der Waals surface area (Å²) in [6.07, 6.45) is -1.01. The van der Waals surface area contributed by atoms with E-state index in [9.17, 15) is 10.2 Å². The van der Waals surface area contributed by atoms with Crippen LogP contribution in [0.15, 0.2) is 22.7 Å². The lowest BCUT2D eigenvalue weighted by molar-refractivity contribution is 0.0140. The minimum Gasteiger partial charge on any atom is -0.390 e. The molecule has 1 aromatic rings. The van der Waals surface area contributed by atoms with Crippen molar-refractivity contribution in [2.75, 3.05) is 13.6 Å². The van der Waals surface area contributed by atoms with Crippen molar-refractivity contribution in [1.29, 1.82) is 0 Å². The zero-order valence-corrected chi connectivity index (χ0v) is 11.2. The number of hydrogen-bond acceptors (Lipinski definition) is 3. The number of hydrogen-bond donors (Lipinski definition) is 3. The molecule has 1 aromatic carbocycles. The lowest BCUT2D eigenvalue weighted by atomic mass is 10.0. The molecule has 0 aliphatic carbocycles. The monoisotopic (exact) mass is 287 g/mol. The van der Waals surface area contributed by atoms with E-state index in [1.165, 1.54) is 0 Å². The van der Waals surface area contributed by atoms with Crippen molar-refractivity contribution in [3.63, 3.8) is 0 Å². The summed E-state index contributed by atoms with van der Waals surface area (Å²) in [7, 11) is 1.82. The third-order valence-electron chi connectivity index (χ3n) is 2.58. The quantitative estimate of drug-likeness (QED) is 0.774. The van der Waals surface area contributed by atoms with Gasteiger partial charge in [0, 0.05) is 4.47 Å². The largest absolute Gasteiger partial charge is 0.390 e. The average molecular weight is 288 g/mol. The topological polar surface area (TPSA) is 52.5 Å². The van der Waals surface area contributed by atoms with Gasteiger partial charge in [-0.15, -0.1) is 0 Å². The molecule has 0 aliphatic heterocycles. The van der Waals surface area contributed by atoms with Gasteiger partial charge in [-0.2, -0.15) is 0 Å². The Balaban J connectivity index is 2.71. The summed E-state index contributed by atoms with van der Waals surface area (Å²) < 4.78 is 1.01. The molecule has 0 spiro atoms. The van der Waals surface area contributed by atoms with Crippen LogP contribution in [0.3, 0.4) is 0 Å². The van der Waals surface area contributed by atoms with Crippen LogP contribution in [0, 0.1) is 6.92 Å². The molecule has 0 saturated heterocycles. The number of halogens is 1. The second-order valence-corrected chi connectivity index (χ2v) is 4.77. The predicted octanol–water partition coefficient (Wildman–Crippen LogP) is 1.76. The van der Waals surface area contributed by atoms with Gasteiger partial charge in [-0.25, -0.2) is 0 Å². The van der Waals surface area contributed by atoms with Crippen molar-refractivity contribution in [3.8, 4) is 0 Å². The molecular formula is C12H18BrNO2. The highest BCUT2D eigenvalue weighted by atomic mass is 79.9. The third kappa shape index (κ3) is 3.56. The molecule has 0 saturated carbocycles. The van der Waals surface area contributed by atoms with E-state index in [1.54, 1.807) is 0 Å². The standard InChI is InChI=1S/C12H18BrNO2/c1-8-7-9(3-4-10(8)13)12(16)11(15)5-6-14-2/h3-4,7,11-12,14-16H,5-6H2,1-2H3. The van der Waals surface area contributed by atoms with Gasteiger partial charge in [0.1, 0.15) is 6.10 Å². The Hall–Kier alpha value is -0.420. The number of rotatable bonds is 5. The normalized spacial score (nSPS) is 14.8. The van der Waals surface area contributed by atoms with Crippen LogP contribution in [-0.4, -0.2) is 29.9 Å². The Kier molecular flexibility index (Phi) is 5.41. The Morgan fingerprint density at radius 1 is 1.38 bits per heavy atom. The van der Waals surface area contributed by atoms with Crippen LogP contribution >= 0.6 is 15.9 Å². The fourth-order valence-electron chi connectivity index (χ4n) is 1.52. The minimum atomic E-state index is -0.819. The first-order valence-electron chi connectivity index (χ1n) is 5.33. The number of benzene rings is 1. The Morgan fingerprint density at radius 3 is 2.62 bits per heavy atom. The molecule has 16 heavy (non-hydrogen) atoms. The smallest absolute Gasteiger partial charge is 0.105 e. The second kappa shape index (κ2) is 6.35. The molecule has 4 heteroatoms. The summed E-state index contributed by atoms with van der Waals surface area (Å²) in [5, 5.41) is 22.6. The number of aliphatic hydroxyl groups is 2. The van der Waals surface area contributed by atoms with E-state index in [2.05, 4.69) is 21.2 Å². The van der Waals surface area contributed by atoms with Gasteiger partial charge in [-0.3, -0.25) is 0 Å². The van der Waals surface area contributed by atoms with E-state index in [1.807, 2.05) is 32.2 Å². The Morgan fingerprint density at radius 2 is 2.06 bits per heavy atom. The molecule has 2 unspecified atom stereocenters. The fourth-order valence-corrected chi connectivity index (χ4v) is 1.77. The van der Waals surface area contributed by atoms with Gasteiger partial charge in [0.2, 0.25) is 0 Å². The molecule has 0 heterocycles. The summed E-state index contributed by atoms with van der Waals surface area (Å²) >= 11 is 3.40. The van der Waals surface area contributed by atoms with E-state index in [-0.39, 0.29) is 0 Å². The van der Waals surface area contributed by atoms with Crippen molar-refractivity contribution in [3.05, 3.63) is 33.8 Å². The van der Waals surface area contributed by atoms with Crippen LogP contribution in [0.1, 0.15) is 23.7 Å². The van der Waals surface area contributed by atoms with Crippen molar-refractivity contribution in [2.24, 2.45) is 0 Å². The molecule has 3 nitrogen and oxygen atoms in total. The zero-order chi connectivity index (χ0) is 12.1. The van der Waals surface area contributed by atoms with E-state index >= 15 is 0 Å². The number of aliphatic hydroxyl groups excluding tert-OH is 2. The first-order chi connectivity index (χ1) is 7.56. The molecule has 0 aliphatic rings. The molecule has 0 radical (unpaired) electrons. The number of nitrogens with one attached hydrogen (secondary N) is 1. The minimum absolute atomic E-state index is 0.535. The summed E-state index contributed by atoms with van der Waals surface area (Å²) in [6.45, 7) is 2.65. The number of aryl methyl sites for hydroxylation is 1. The van der Waals surface area contributed by atoms with E-state index in [0.29, 0.717) is 13.0 Å². The van der Waals surface area contributed by atoms with Gasteiger partial charge in [0.05, 0.1) is 6.10 Å². The fraction of sp³-hybridized carbons (Fsp3) is 0.500. The maximum atomic E-state index is 9.94. The Labute approximate surface area is 105 Å². The van der Waals surface area contributed by atoms with E-state index in [0.717, 1.165) is 15.6 Å². The summed E-state index contributed by atoms with van der Waals surface area (Å²) in [6, 6.07) is 5.60. The summed E-state index contributed by atoms with van der Waals surface area (Å²) in [5.41, 5.74) is 1.81. The van der Waals surface area contributed by atoms with Crippen LogP contribution in [0.25, 0.3) is 0 Å². The predicted molar refractivity (Wildman–Crippen MR) is 68.4 cm³/mol. The highest BCUT2D eigenvalue weighted by Crippen LogP contribution is 2.24. The third-order valence-corrected chi connectivity index (χ3v) is 3.47. The van der Waals surface area contributed by atoms with Gasteiger partial charge in [-0.05, 0) is 44.1 Å². The SMILES string of the molecule is CNCCC(O)C(O)c1ccc(Br)c(C)c1. The highest BCUT2D eigenvalue weighted by Gasteiger charge is 2.18. The van der Waals surface area contributed by atoms with Crippen LogP contribution in [0.2, 0.25) is 0 Å². The van der Waals surface area contributed by atoms with Crippen molar-refractivity contribution < 1.29 is 10.2 Å². The molecule has 0 fully saturated rings. The zero-order valence-electron chi connectivity index (χ0n) is 9.57. The molecule has 0 bridgehead atoms. The molecule has 0 aromatic heterocycles. The van der Waals surface area contributed by atoms with Crippen LogP contribution in [0.5, 0.6) is 0 Å². The van der Waals surface area contributed by atoms with Crippen molar-refractivity contribution >= 4 is 15.9 Å². The van der Waals surface area contributed by atoms with Gasteiger partial charge in [0.15, 0.2) is 0 Å². The molecule has 3 N–H and O–H groups in total. The van der Waals surface area contributed by atoms with Gasteiger partial charge < -0.3 is 15.5 Å². The van der Waals surface area contributed by atoms with Crippen LogP contribution in [-0.2, 0) is 0 Å². The molecular weight excluding hydrogens is 270 g/mol. The maximum Gasteiger partial charge on any atom is 0.105 e. The maximum absolute atomic E-state index is 9.94. The van der Waals surface area contributed by atoms with E-state index < -0.39 is 12.2 Å². The first-order valence-corrected chi connectivity index (χ1v) is 6.12.